The van der Waals surface area contributed by atoms with E-state index >= 15 is 0 Å². The largest absolute Gasteiger partial charge is 0.375 e. The highest BCUT2D eigenvalue weighted by Crippen LogP contribution is 2.23. The molecule has 4 heteroatoms. The van der Waals surface area contributed by atoms with Crippen LogP contribution in [0.1, 0.15) is 21.7 Å². The van der Waals surface area contributed by atoms with Crippen molar-refractivity contribution >= 4 is 16.5 Å². The van der Waals surface area contributed by atoms with Crippen molar-refractivity contribution in [3.63, 3.8) is 0 Å². The van der Waals surface area contributed by atoms with Crippen LogP contribution in [-0.2, 0) is 6.42 Å². The van der Waals surface area contributed by atoms with Crippen molar-refractivity contribution < 1.29 is 4.39 Å². The average Bonchev–Trinajstić information content (AvgIpc) is 2.51. The molecule has 0 aliphatic rings. The van der Waals surface area contributed by atoms with E-state index in [1.165, 1.54) is 11.3 Å². The predicted molar refractivity (Wildman–Crippen MR) is 65.2 cm³/mol. The van der Waals surface area contributed by atoms with Crippen LogP contribution in [0.4, 0.5) is 9.52 Å². The number of anilines is 1. The lowest BCUT2D eigenvalue weighted by Gasteiger charge is -2.02. The van der Waals surface area contributed by atoms with Crippen LogP contribution in [-0.4, -0.2) is 4.98 Å². The van der Waals surface area contributed by atoms with Crippen LogP contribution < -0.4 is 5.73 Å². The third kappa shape index (κ3) is 2.22. The van der Waals surface area contributed by atoms with Gasteiger partial charge in [0.25, 0.3) is 0 Å². The number of benzene rings is 1. The molecule has 2 N–H and O–H groups in total. The summed E-state index contributed by atoms with van der Waals surface area (Å²) in [6, 6.07) is 5.31. The van der Waals surface area contributed by atoms with Crippen LogP contribution in [0.5, 0.6) is 0 Å². The lowest BCUT2D eigenvalue weighted by atomic mass is 10.1. The molecule has 1 heterocycles. The molecule has 0 saturated carbocycles. The van der Waals surface area contributed by atoms with E-state index in [0.717, 1.165) is 16.1 Å². The quantitative estimate of drug-likeness (QED) is 0.870. The van der Waals surface area contributed by atoms with Gasteiger partial charge in [-0.05, 0) is 31.0 Å². The number of nitrogens with two attached hydrogens (primary N) is 1. The molecule has 0 unspecified atom stereocenters. The van der Waals surface area contributed by atoms with Crippen LogP contribution in [0, 0.1) is 19.7 Å². The first kappa shape index (κ1) is 11.1. The summed E-state index contributed by atoms with van der Waals surface area (Å²) in [4.78, 5) is 5.25. The van der Waals surface area contributed by atoms with Gasteiger partial charge in [-0.1, -0.05) is 12.1 Å². The summed E-state index contributed by atoms with van der Waals surface area (Å²) < 4.78 is 13.4. The molecule has 16 heavy (non-hydrogen) atoms. The van der Waals surface area contributed by atoms with Gasteiger partial charge in [0.05, 0.1) is 5.69 Å². The third-order valence-electron chi connectivity index (χ3n) is 2.51. The monoisotopic (exact) mass is 236 g/mol. The molecule has 0 spiro atoms. The molecule has 0 bridgehead atoms. The third-order valence-corrected chi connectivity index (χ3v) is 3.50. The molecule has 0 aliphatic heterocycles. The van der Waals surface area contributed by atoms with E-state index in [4.69, 9.17) is 5.73 Å². The summed E-state index contributed by atoms with van der Waals surface area (Å²) >= 11 is 1.46. The number of halogens is 1. The average molecular weight is 236 g/mol. The summed E-state index contributed by atoms with van der Waals surface area (Å²) in [5, 5.41) is 0.570. The number of rotatable bonds is 2. The molecule has 1 aromatic carbocycles. The minimum atomic E-state index is -0.160. The minimum Gasteiger partial charge on any atom is -0.375 e. The van der Waals surface area contributed by atoms with Crippen molar-refractivity contribution in [3.8, 4) is 0 Å². The van der Waals surface area contributed by atoms with Gasteiger partial charge in [0.1, 0.15) is 5.82 Å². The topological polar surface area (TPSA) is 38.9 Å². The normalized spacial score (nSPS) is 10.7. The van der Waals surface area contributed by atoms with Crippen molar-refractivity contribution in [1.29, 1.82) is 0 Å². The second kappa shape index (κ2) is 4.22. The molecule has 0 saturated heterocycles. The van der Waals surface area contributed by atoms with Crippen molar-refractivity contribution in [3.05, 3.63) is 45.7 Å². The minimum absolute atomic E-state index is 0.160. The van der Waals surface area contributed by atoms with Crippen LogP contribution >= 0.6 is 11.3 Å². The smallest absolute Gasteiger partial charge is 0.180 e. The Morgan fingerprint density at radius 2 is 2.12 bits per heavy atom. The fourth-order valence-corrected chi connectivity index (χ4v) is 2.41. The zero-order valence-corrected chi connectivity index (χ0v) is 10.1. The van der Waals surface area contributed by atoms with Gasteiger partial charge >= 0.3 is 0 Å². The molecule has 0 atom stereocenters. The Morgan fingerprint density at radius 3 is 2.69 bits per heavy atom. The summed E-state index contributed by atoms with van der Waals surface area (Å²) in [6.07, 6.45) is 0.692. The number of aromatic nitrogens is 1. The Labute approximate surface area is 97.9 Å². The molecule has 0 aliphatic carbocycles. The zero-order chi connectivity index (χ0) is 11.7. The van der Waals surface area contributed by atoms with Crippen molar-refractivity contribution in [2.75, 3.05) is 5.73 Å². The van der Waals surface area contributed by atoms with Gasteiger partial charge in [-0.2, -0.15) is 0 Å². The molecule has 0 fully saturated rings. The molecule has 2 nitrogen and oxygen atoms in total. The molecule has 0 radical (unpaired) electrons. The predicted octanol–water partition coefficient (Wildman–Crippen LogP) is 3.07. The van der Waals surface area contributed by atoms with Gasteiger partial charge in [-0.3, -0.25) is 0 Å². The highest BCUT2D eigenvalue weighted by Gasteiger charge is 2.07. The van der Waals surface area contributed by atoms with Gasteiger partial charge in [0.15, 0.2) is 5.13 Å². The second-order valence-electron chi connectivity index (χ2n) is 3.82. The van der Waals surface area contributed by atoms with Crippen molar-refractivity contribution in [2.45, 2.75) is 20.3 Å². The van der Waals surface area contributed by atoms with Crippen LogP contribution in [0.15, 0.2) is 18.2 Å². The summed E-state index contributed by atoms with van der Waals surface area (Å²) in [5.74, 6) is -0.160. The van der Waals surface area contributed by atoms with Crippen LogP contribution in [0.2, 0.25) is 0 Å². The standard InChI is InChI=1S/C12H13FN2S/c1-7-3-4-9(5-10(7)13)6-11-8(2)15-12(14)16-11/h3-5H,6H2,1-2H3,(H2,14,15). The highest BCUT2D eigenvalue weighted by molar-refractivity contribution is 7.15. The maximum absolute atomic E-state index is 13.4. The second-order valence-corrected chi connectivity index (χ2v) is 4.94. The Kier molecular flexibility index (Phi) is 2.92. The van der Waals surface area contributed by atoms with E-state index in [2.05, 4.69) is 4.98 Å². The summed E-state index contributed by atoms with van der Waals surface area (Å²) in [5.41, 5.74) is 8.18. The Balaban J connectivity index is 2.27. The van der Waals surface area contributed by atoms with Gasteiger partial charge < -0.3 is 5.73 Å². The SMILES string of the molecule is Cc1ccc(Cc2sc(N)nc2C)cc1F. The van der Waals surface area contributed by atoms with Crippen LogP contribution in [0.25, 0.3) is 0 Å². The number of nitrogens with zero attached hydrogens (tertiary/aromatic N) is 1. The zero-order valence-electron chi connectivity index (χ0n) is 9.25. The fourth-order valence-electron chi connectivity index (χ4n) is 1.55. The van der Waals surface area contributed by atoms with E-state index in [-0.39, 0.29) is 5.82 Å². The number of nitrogen functional groups attached to an aromatic ring is 1. The first-order valence-corrected chi connectivity index (χ1v) is 5.84. The van der Waals surface area contributed by atoms with Gasteiger partial charge in [-0.15, -0.1) is 11.3 Å². The molecule has 1 aromatic heterocycles. The Morgan fingerprint density at radius 1 is 1.38 bits per heavy atom. The number of thiazole rings is 1. The summed E-state index contributed by atoms with van der Waals surface area (Å²) in [7, 11) is 0. The maximum Gasteiger partial charge on any atom is 0.180 e. The highest BCUT2D eigenvalue weighted by atomic mass is 32.1. The van der Waals surface area contributed by atoms with Crippen molar-refractivity contribution in [2.24, 2.45) is 0 Å². The fraction of sp³-hybridized carbons (Fsp3) is 0.250. The van der Waals surface area contributed by atoms with E-state index in [0.29, 0.717) is 17.1 Å². The lowest BCUT2D eigenvalue weighted by molar-refractivity contribution is 0.616. The van der Waals surface area contributed by atoms with E-state index in [1.807, 2.05) is 13.0 Å². The molecule has 2 rings (SSSR count). The first-order valence-electron chi connectivity index (χ1n) is 5.03. The van der Waals surface area contributed by atoms with E-state index in [9.17, 15) is 4.39 Å². The molecule has 84 valence electrons. The maximum atomic E-state index is 13.4. The first-order chi connectivity index (χ1) is 7.56. The van der Waals surface area contributed by atoms with Gasteiger partial charge in [0.2, 0.25) is 0 Å². The van der Waals surface area contributed by atoms with E-state index < -0.39 is 0 Å². The molecule has 2 aromatic rings. The molecule has 0 amide bonds. The number of hydrogen-bond acceptors (Lipinski definition) is 3. The lowest BCUT2D eigenvalue weighted by Crippen LogP contribution is -1.90. The van der Waals surface area contributed by atoms with Crippen molar-refractivity contribution in [1.82, 2.24) is 4.98 Å². The van der Waals surface area contributed by atoms with Gasteiger partial charge in [0, 0.05) is 11.3 Å². The molecular weight excluding hydrogens is 223 g/mol. The van der Waals surface area contributed by atoms with Crippen LogP contribution in [0.3, 0.4) is 0 Å². The summed E-state index contributed by atoms with van der Waals surface area (Å²) in [6.45, 7) is 3.68. The Hall–Kier alpha value is -1.42. The van der Waals surface area contributed by atoms with Gasteiger partial charge in [-0.25, -0.2) is 9.37 Å². The number of hydrogen-bond donors (Lipinski definition) is 1. The molecular formula is C12H13FN2S. The number of aryl methyl sites for hydroxylation is 2. The van der Waals surface area contributed by atoms with E-state index in [1.54, 1.807) is 19.1 Å². The Bertz CT molecular complexity index is 520.